The molecule has 102 valence electrons. The van der Waals surface area contributed by atoms with Crippen LogP contribution in [0.2, 0.25) is 0 Å². The molecule has 0 saturated heterocycles. The van der Waals surface area contributed by atoms with Crippen molar-refractivity contribution >= 4 is 11.5 Å². The maximum absolute atomic E-state index is 11.3. The van der Waals surface area contributed by atoms with Gasteiger partial charge in [0.2, 0.25) is 0 Å². The van der Waals surface area contributed by atoms with E-state index in [0.717, 1.165) is 6.61 Å². The number of hydrogen-bond acceptors (Lipinski definition) is 4. The minimum Gasteiger partial charge on any atom is -0.382 e. The summed E-state index contributed by atoms with van der Waals surface area (Å²) >= 11 is 0. The minimum atomic E-state index is -0.0106. The molecular formula is C15H20N2O2. The zero-order valence-electron chi connectivity index (χ0n) is 11.7. The second-order valence-corrected chi connectivity index (χ2v) is 4.82. The lowest BCUT2D eigenvalue weighted by Crippen LogP contribution is -2.13. The monoisotopic (exact) mass is 260 g/mol. The van der Waals surface area contributed by atoms with E-state index in [0.29, 0.717) is 35.9 Å². The van der Waals surface area contributed by atoms with Gasteiger partial charge in [-0.2, -0.15) is 5.26 Å². The third kappa shape index (κ3) is 5.11. The van der Waals surface area contributed by atoms with Gasteiger partial charge >= 0.3 is 0 Å². The van der Waals surface area contributed by atoms with Crippen LogP contribution in [-0.4, -0.2) is 25.5 Å². The third-order valence-electron chi connectivity index (χ3n) is 2.56. The molecule has 4 nitrogen and oxygen atoms in total. The van der Waals surface area contributed by atoms with Gasteiger partial charge in [0.15, 0.2) is 5.78 Å². The summed E-state index contributed by atoms with van der Waals surface area (Å²) in [7, 11) is 0. The molecule has 0 spiro atoms. The number of benzene rings is 1. The minimum absolute atomic E-state index is 0.0106. The molecule has 0 heterocycles. The summed E-state index contributed by atoms with van der Waals surface area (Å²) in [5, 5.41) is 12.2. The van der Waals surface area contributed by atoms with Crippen LogP contribution < -0.4 is 5.32 Å². The van der Waals surface area contributed by atoms with Crippen LogP contribution in [-0.2, 0) is 4.74 Å². The Morgan fingerprint density at radius 2 is 2.21 bits per heavy atom. The van der Waals surface area contributed by atoms with Crippen LogP contribution in [0.5, 0.6) is 0 Å². The van der Waals surface area contributed by atoms with Gasteiger partial charge in [0.25, 0.3) is 0 Å². The fourth-order valence-electron chi connectivity index (χ4n) is 1.58. The van der Waals surface area contributed by atoms with E-state index in [1.807, 2.05) is 0 Å². The zero-order chi connectivity index (χ0) is 14.3. The molecule has 0 amide bonds. The summed E-state index contributed by atoms with van der Waals surface area (Å²) in [5.41, 5.74) is 1.82. The van der Waals surface area contributed by atoms with Gasteiger partial charge in [-0.15, -0.1) is 0 Å². The molecule has 19 heavy (non-hydrogen) atoms. The fourth-order valence-corrected chi connectivity index (χ4v) is 1.58. The molecule has 1 N–H and O–H groups in total. The molecule has 0 atom stereocenters. The Labute approximate surface area is 114 Å². The highest BCUT2D eigenvalue weighted by molar-refractivity contribution is 5.95. The number of carbonyl (C=O) groups is 1. The van der Waals surface area contributed by atoms with Crippen LogP contribution in [0.4, 0.5) is 5.69 Å². The lowest BCUT2D eigenvalue weighted by atomic mass is 10.1. The predicted octanol–water partition coefficient (Wildman–Crippen LogP) is 2.85. The van der Waals surface area contributed by atoms with Gasteiger partial charge in [-0.3, -0.25) is 4.79 Å². The van der Waals surface area contributed by atoms with Crippen LogP contribution in [0.1, 0.15) is 36.7 Å². The van der Waals surface area contributed by atoms with Crippen molar-refractivity contribution in [1.82, 2.24) is 0 Å². The van der Waals surface area contributed by atoms with E-state index in [1.54, 1.807) is 18.2 Å². The number of carbonyl (C=O) groups excluding carboxylic acids is 1. The number of ether oxygens (including phenoxy) is 1. The summed E-state index contributed by atoms with van der Waals surface area (Å²) < 4.78 is 5.46. The average Bonchev–Trinajstić information content (AvgIpc) is 2.37. The van der Waals surface area contributed by atoms with Crippen LogP contribution in [0.25, 0.3) is 0 Å². The van der Waals surface area contributed by atoms with E-state index in [-0.39, 0.29) is 5.78 Å². The molecule has 0 unspecified atom stereocenters. The number of ketones is 1. The highest BCUT2D eigenvalue weighted by atomic mass is 16.5. The van der Waals surface area contributed by atoms with E-state index in [4.69, 9.17) is 10.00 Å². The van der Waals surface area contributed by atoms with Gasteiger partial charge in [0.05, 0.1) is 17.9 Å². The Bertz CT molecular complexity index is 476. The Hall–Kier alpha value is -1.86. The average molecular weight is 260 g/mol. The largest absolute Gasteiger partial charge is 0.382 e. The predicted molar refractivity (Wildman–Crippen MR) is 75.3 cm³/mol. The molecule has 0 aliphatic carbocycles. The van der Waals surface area contributed by atoms with Crippen LogP contribution in [0, 0.1) is 17.2 Å². The molecule has 0 aliphatic rings. The third-order valence-corrected chi connectivity index (χ3v) is 2.56. The van der Waals surface area contributed by atoms with Crippen molar-refractivity contribution in [1.29, 1.82) is 5.26 Å². The van der Waals surface area contributed by atoms with Crippen molar-refractivity contribution in [2.75, 3.05) is 25.1 Å². The molecule has 1 aromatic rings. The van der Waals surface area contributed by atoms with E-state index in [2.05, 4.69) is 25.2 Å². The summed E-state index contributed by atoms with van der Waals surface area (Å²) in [5.74, 6) is 0.499. The number of rotatable bonds is 7. The van der Waals surface area contributed by atoms with Crippen LogP contribution in [0.15, 0.2) is 18.2 Å². The number of anilines is 1. The molecule has 1 aromatic carbocycles. The van der Waals surface area contributed by atoms with E-state index >= 15 is 0 Å². The van der Waals surface area contributed by atoms with E-state index in [1.165, 1.54) is 6.92 Å². The van der Waals surface area contributed by atoms with Crippen molar-refractivity contribution in [2.45, 2.75) is 20.8 Å². The Morgan fingerprint density at radius 3 is 2.79 bits per heavy atom. The van der Waals surface area contributed by atoms with Crippen LogP contribution >= 0.6 is 0 Å². The Kier molecular flexibility index (Phi) is 6.04. The highest BCUT2D eigenvalue weighted by Crippen LogP contribution is 2.17. The quantitative estimate of drug-likeness (QED) is 0.605. The molecule has 0 saturated carbocycles. The molecule has 4 heteroatoms. The molecule has 0 aliphatic heterocycles. The molecule has 1 rings (SSSR count). The maximum atomic E-state index is 11.3. The lowest BCUT2D eigenvalue weighted by molar-refractivity contribution is 0.101. The van der Waals surface area contributed by atoms with Gasteiger partial charge in [-0.25, -0.2) is 0 Å². The smallest absolute Gasteiger partial charge is 0.159 e. The van der Waals surface area contributed by atoms with Crippen molar-refractivity contribution < 1.29 is 9.53 Å². The fraction of sp³-hybridized carbons (Fsp3) is 0.467. The second-order valence-electron chi connectivity index (χ2n) is 4.82. The SMILES string of the molecule is CC(=O)c1ccc(C#N)c(NCCOCC(C)C)c1. The first-order valence-corrected chi connectivity index (χ1v) is 6.41. The summed E-state index contributed by atoms with van der Waals surface area (Å²) in [6, 6.07) is 7.15. The first-order chi connectivity index (χ1) is 9.04. The van der Waals surface area contributed by atoms with E-state index in [9.17, 15) is 4.79 Å². The van der Waals surface area contributed by atoms with Gasteiger partial charge < -0.3 is 10.1 Å². The topological polar surface area (TPSA) is 62.1 Å². The van der Waals surface area contributed by atoms with Crippen molar-refractivity contribution in [2.24, 2.45) is 5.92 Å². The normalized spacial score (nSPS) is 10.3. The van der Waals surface area contributed by atoms with Gasteiger partial charge in [0.1, 0.15) is 6.07 Å². The standard InChI is InChI=1S/C15H20N2O2/c1-11(2)10-19-7-6-17-15-8-13(12(3)18)4-5-14(15)9-16/h4-5,8,11,17H,6-7,10H2,1-3H3. The summed E-state index contributed by atoms with van der Waals surface area (Å²) in [6.07, 6.45) is 0. The van der Waals surface area contributed by atoms with E-state index < -0.39 is 0 Å². The highest BCUT2D eigenvalue weighted by Gasteiger charge is 2.06. The molecule has 0 bridgehead atoms. The molecule has 0 aromatic heterocycles. The number of Topliss-reactive ketones (excluding diaryl/α,β-unsaturated/α-hetero) is 1. The van der Waals surface area contributed by atoms with Crippen molar-refractivity contribution in [3.8, 4) is 6.07 Å². The maximum Gasteiger partial charge on any atom is 0.159 e. The number of nitrogens with one attached hydrogen (secondary N) is 1. The number of nitriles is 1. The Morgan fingerprint density at radius 1 is 1.47 bits per heavy atom. The summed E-state index contributed by atoms with van der Waals surface area (Å²) in [6.45, 7) is 7.61. The molecule has 0 radical (unpaired) electrons. The van der Waals surface area contributed by atoms with Crippen molar-refractivity contribution in [3.05, 3.63) is 29.3 Å². The first kappa shape index (κ1) is 15.2. The van der Waals surface area contributed by atoms with Crippen LogP contribution in [0.3, 0.4) is 0 Å². The van der Waals surface area contributed by atoms with Gasteiger partial charge in [0, 0.05) is 18.7 Å². The first-order valence-electron chi connectivity index (χ1n) is 6.41. The lowest BCUT2D eigenvalue weighted by Gasteiger charge is -2.11. The molecule has 0 fully saturated rings. The number of hydrogen-bond donors (Lipinski definition) is 1. The second kappa shape index (κ2) is 7.55. The number of nitrogens with zero attached hydrogens (tertiary/aromatic N) is 1. The van der Waals surface area contributed by atoms with Crippen molar-refractivity contribution in [3.63, 3.8) is 0 Å². The zero-order valence-corrected chi connectivity index (χ0v) is 11.7. The Balaban J connectivity index is 2.58. The van der Waals surface area contributed by atoms with Gasteiger partial charge in [-0.1, -0.05) is 13.8 Å². The molecular weight excluding hydrogens is 240 g/mol. The van der Waals surface area contributed by atoms with Gasteiger partial charge in [-0.05, 0) is 31.0 Å². The summed E-state index contributed by atoms with van der Waals surface area (Å²) in [4.78, 5) is 11.3.